The van der Waals surface area contributed by atoms with Gasteiger partial charge in [-0.1, -0.05) is 61.7 Å². The minimum Gasteiger partial charge on any atom is -0.302 e. The molecule has 0 fully saturated rings. The van der Waals surface area contributed by atoms with Crippen LogP contribution in [0.25, 0.3) is 0 Å². The Kier molecular flexibility index (Phi) is 6.01. The number of hydrogen-bond acceptors (Lipinski definition) is 1. The predicted octanol–water partition coefficient (Wildman–Crippen LogP) is 4.53. The van der Waals surface area contributed by atoms with Gasteiger partial charge in [0.2, 0.25) is 0 Å². The molecule has 0 aliphatic rings. The van der Waals surface area contributed by atoms with E-state index in [0.29, 0.717) is 0 Å². The Labute approximate surface area is 119 Å². The Morgan fingerprint density at radius 3 is 2.25 bits per heavy atom. The van der Waals surface area contributed by atoms with Crippen molar-refractivity contribution in [3.05, 3.63) is 47.7 Å². The zero-order valence-corrected chi connectivity index (χ0v) is 13.2. The summed E-state index contributed by atoms with van der Waals surface area (Å²) < 4.78 is 38.9. The van der Waals surface area contributed by atoms with Crippen LogP contribution in [0.4, 0.5) is 13.2 Å². The molecule has 0 saturated carbocycles. The standard InChI is InChI=1S/C15H22F3NSi/c1-20(2,3)11-7-10-14(15(16,17)18)19-12-13-8-5-4-6-9-13/h4-9,11,14,19H,10,12H2,1-3H3/b11-7+. The van der Waals surface area contributed by atoms with Gasteiger partial charge < -0.3 is 5.32 Å². The summed E-state index contributed by atoms with van der Waals surface area (Å²) in [6.07, 6.45) is -2.57. The highest BCUT2D eigenvalue weighted by Gasteiger charge is 2.38. The quantitative estimate of drug-likeness (QED) is 0.761. The van der Waals surface area contributed by atoms with E-state index in [9.17, 15) is 13.2 Å². The van der Waals surface area contributed by atoms with Crippen molar-refractivity contribution in [2.45, 2.75) is 44.8 Å². The van der Waals surface area contributed by atoms with Crippen LogP contribution < -0.4 is 5.32 Å². The third-order valence-corrected chi connectivity index (χ3v) is 4.02. The Morgan fingerprint density at radius 1 is 1.15 bits per heavy atom. The average Bonchev–Trinajstić information content (AvgIpc) is 2.32. The van der Waals surface area contributed by atoms with E-state index in [4.69, 9.17) is 0 Å². The third kappa shape index (κ3) is 6.91. The van der Waals surface area contributed by atoms with Crippen LogP contribution >= 0.6 is 0 Å². The second-order valence-electron chi connectivity index (χ2n) is 5.96. The lowest BCUT2D eigenvalue weighted by molar-refractivity contribution is -0.155. The number of hydrogen-bond donors (Lipinski definition) is 1. The van der Waals surface area contributed by atoms with Gasteiger partial charge in [0, 0.05) is 6.54 Å². The lowest BCUT2D eigenvalue weighted by Gasteiger charge is -2.21. The summed E-state index contributed by atoms with van der Waals surface area (Å²) in [5, 5.41) is 2.60. The Hall–Kier alpha value is -1.07. The van der Waals surface area contributed by atoms with Gasteiger partial charge in [-0.2, -0.15) is 13.2 Å². The normalized spacial score (nSPS) is 14.7. The summed E-state index contributed by atoms with van der Waals surface area (Å²) >= 11 is 0. The fourth-order valence-electron chi connectivity index (χ4n) is 1.73. The van der Waals surface area contributed by atoms with Crippen molar-refractivity contribution in [2.24, 2.45) is 0 Å². The van der Waals surface area contributed by atoms with Crippen LogP contribution in [0, 0.1) is 0 Å². The smallest absolute Gasteiger partial charge is 0.302 e. The zero-order chi connectivity index (χ0) is 15.2. The monoisotopic (exact) mass is 301 g/mol. The summed E-state index contributed by atoms with van der Waals surface area (Å²) in [5.74, 6) is 0. The molecule has 20 heavy (non-hydrogen) atoms. The Morgan fingerprint density at radius 2 is 1.75 bits per heavy atom. The molecule has 112 valence electrons. The minimum atomic E-state index is -4.22. The first-order valence-electron chi connectivity index (χ1n) is 6.70. The van der Waals surface area contributed by atoms with Gasteiger partial charge in [-0.25, -0.2) is 0 Å². The molecule has 0 saturated heterocycles. The molecule has 0 aromatic heterocycles. The molecule has 0 heterocycles. The van der Waals surface area contributed by atoms with Crippen molar-refractivity contribution in [1.29, 1.82) is 0 Å². The molecule has 1 unspecified atom stereocenters. The molecular weight excluding hydrogens is 279 g/mol. The van der Waals surface area contributed by atoms with E-state index in [1.165, 1.54) is 0 Å². The molecule has 0 spiro atoms. The largest absolute Gasteiger partial charge is 0.404 e. The summed E-state index contributed by atoms with van der Waals surface area (Å²) in [4.78, 5) is 0. The Balaban J connectivity index is 2.60. The van der Waals surface area contributed by atoms with Gasteiger partial charge in [0.1, 0.15) is 6.04 Å². The van der Waals surface area contributed by atoms with Crippen LogP contribution in [0.5, 0.6) is 0 Å². The SMILES string of the molecule is C[Si](C)(C)/C=C/CC(NCc1ccccc1)C(F)(F)F. The molecule has 5 heteroatoms. The molecule has 0 aliphatic heterocycles. The highest BCUT2D eigenvalue weighted by Crippen LogP contribution is 2.23. The van der Waals surface area contributed by atoms with Crippen molar-refractivity contribution in [3.63, 3.8) is 0 Å². The molecule has 0 aliphatic carbocycles. The van der Waals surface area contributed by atoms with Gasteiger partial charge >= 0.3 is 6.18 Å². The molecule has 1 aromatic carbocycles. The van der Waals surface area contributed by atoms with E-state index >= 15 is 0 Å². The average molecular weight is 301 g/mol. The number of nitrogens with one attached hydrogen (secondary N) is 1. The third-order valence-electron chi connectivity index (χ3n) is 2.78. The molecule has 1 nitrogen and oxygen atoms in total. The van der Waals surface area contributed by atoms with Gasteiger partial charge in [0.25, 0.3) is 0 Å². The van der Waals surface area contributed by atoms with Crippen LogP contribution in [-0.2, 0) is 6.54 Å². The topological polar surface area (TPSA) is 12.0 Å². The van der Waals surface area contributed by atoms with Crippen LogP contribution in [0.15, 0.2) is 42.1 Å². The molecule has 1 aromatic rings. The minimum absolute atomic E-state index is 0.0133. The lowest BCUT2D eigenvalue weighted by Crippen LogP contribution is -2.41. The first kappa shape index (κ1) is 17.0. The van der Waals surface area contributed by atoms with Gasteiger partial charge in [-0.05, 0) is 12.0 Å². The number of alkyl halides is 3. The number of benzene rings is 1. The summed E-state index contributed by atoms with van der Waals surface area (Å²) in [6, 6.07) is 7.64. The summed E-state index contributed by atoms with van der Waals surface area (Å²) in [5.41, 5.74) is 2.81. The molecule has 0 radical (unpaired) electrons. The van der Waals surface area contributed by atoms with E-state index in [-0.39, 0.29) is 13.0 Å². The van der Waals surface area contributed by atoms with Gasteiger partial charge in [-0.15, -0.1) is 0 Å². The van der Waals surface area contributed by atoms with Crippen molar-refractivity contribution in [2.75, 3.05) is 0 Å². The van der Waals surface area contributed by atoms with Gasteiger partial charge in [0.15, 0.2) is 0 Å². The van der Waals surface area contributed by atoms with E-state index in [2.05, 4.69) is 25.0 Å². The summed E-state index contributed by atoms with van der Waals surface area (Å²) in [6.45, 7) is 6.53. The second kappa shape index (κ2) is 7.08. The van der Waals surface area contributed by atoms with Crippen molar-refractivity contribution >= 4 is 8.07 Å². The second-order valence-corrected chi connectivity index (χ2v) is 11.0. The van der Waals surface area contributed by atoms with E-state index < -0.39 is 20.3 Å². The van der Waals surface area contributed by atoms with Crippen LogP contribution in [0.2, 0.25) is 19.6 Å². The lowest BCUT2D eigenvalue weighted by atomic mass is 10.1. The van der Waals surface area contributed by atoms with Crippen molar-refractivity contribution < 1.29 is 13.2 Å². The maximum Gasteiger partial charge on any atom is 0.404 e. The molecular formula is C15H22F3NSi. The first-order chi connectivity index (χ1) is 9.18. The fourth-order valence-corrected chi connectivity index (χ4v) is 2.57. The Bertz CT molecular complexity index is 421. The highest BCUT2D eigenvalue weighted by molar-refractivity contribution is 6.80. The van der Waals surface area contributed by atoms with Gasteiger partial charge in [0.05, 0.1) is 8.07 Å². The number of rotatable bonds is 6. The van der Waals surface area contributed by atoms with Crippen molar-refractivity contribution in [1.82, 2.24) is 5.32 Å². The molecule has 1 atom stereocenters. The predicted molar refractivity (Wildman–Crippen MR) is 80.2 cm³/mol. The molecule has 0 bridgehead atoms. The molecule has 1 N–H and O–H groups in total. The fraction of sp³-hybridized carbons (Fsp3) is 0.467. The van der Waals surface area contributed by atoms with Crippen molar-refractivity contribution in [3.8, 4) is 0 Å². The highest BCUT2D eigenvalue weighted by atomic mass is 28.3. The maximum absolute atomic E-state index is 13.0. The summed E-state index contributed by atoms with van der Waals surface area (Å²) in [7, 11) is -1.45. The number of halogens is 3. The van der Waals surface area contributed by atoms with E-state index in [0.717, 1.165) is 5.56 Å². The molecule has 0 amide bonds. The zero-order valence-electron chi connectivity index (χ0n) is 12.2. The molecule has 1 rings (SSSR count). The van der Waals surface area contributed by atoms with Gasteiger partial charge in [-0.3, -0.25) is 0 Å². The van der Waals surface area contributed by atoms with Crippen LogP contribution in [0.1, 0.15) is 12.0 Å². The van der Waals surface area contributed by atoms with Crippen LogP contribution in [-0.4, -0.2) is 20.3 Å². The van der Waals surface area contributed by atoms with E-state index in [1.807, 2.05) is 36.0 Å². The van der Waals surface area contributed by atoms with E-state index in [1.54, 1.807) is 6.08 Å². The van der Waals surface area contributed by atoms with Crippen LogP contribution in [0.3, 0.4) is 0 Å². The maximum atomic E-state index is 13.0. The first-order valence-corrected chi connectivity index (χ1v) is 10.3.